The predicted molar refractivity (Wildman–Crippen MR) is 143 cm³/mol. The summed E-state index contributed by atoms with van der Waals surface area (Å²) in [6.07, 6.45) is 8.29. The fourth-order valence-corrected chi connectivity index (χ4v) is 6.04. The predicted octanol–water partition coefficient (Wildman–Crippen LogP) is 3.50. The summed E-state index contributed by atoms with van der Waals surface area (Å²) in [5.41, 5.74) is 1.36. The first-order chi connectivity index (χ1) is 18.3. The fourth-order valence-electron chi connectivity index (χ4n) is 6.04. The molecule has 3 amide bonds. The van der Waals surface area contributed by atoms with Crippen LogP contribution in [-0.2, 0) is 26.3 Å². The minimum Gasteiger partial charge on any atom is -0.381 e. The van der Waals surface area contributed by atoms with Crippen molar-refractivity contribution in [1.82, 2.24) is 20.1 Å². The number of amides is 3. The molecule has 0 radical (unpaired) electrons. The Morgan fingerprint density at radius 2 is 1.95 bits per heavy atom. The van der Waals surface area contributed by atoms with Crippen molar-refractivity contribution in [2.45, 2.75) is 77.3 Å². The van der Waals surface area contributed by atoms with Gasteiger partial charge in [0.15, 0.2) is 0 Å². The first-order valence-corrected chi connectivity index (χ1v) is 13.8. The van der Waals surface area contributed by atoms with Crippen LogP contribution in [0.3, 0.4) is 0 Å². The Bertz CT molecular complexity index is 1190. The Labute approximate surface area is 223 Å². The van der Waals surface area contributed by atoms with Gasteiger partial charge in [-0.1, -0.05) is 33.6 Å². The first kappa shape index (κ1) is 26.3. The van der Waals surface area contributed by atoms with Gasteiger partial charge in [0.1, 0.15) is 17.6 Å². The van der Waals surface area contributed by atoms with Gasteiger partial charge in [0.2, 0.25) is 11.8 Å². The van der Waals surface area contributed by atoms with E-state index in [0.29, 0.717) is 61.6 Å². The summed E-state index contributed by atoms with van der Waals surface area (Å²) in [7, 11) is 0. The van der Waals surface area contributed by atoms with Gasteiger partial charge in [0, 0.05) is 43.8 Å². The highest BCUT2D eigenvalue weighted by atomic mass is 16.5. The van der Waals surface area contributed by atoms with E-state index in [-0.39, 0.29) is 23.6 Å². The van der Waals surface area contributed by atoms with E-state index in [2.05, 4.69) is 46.8 Å². The molecule has 3 aliphatic rings. The van der Waals surface area contributed by atoms with Crippen molar-refractivity contribution in [3.05, 3.63) is 35.8 Å². The van der Waals surface area contributed by atoms with Crippen LogP contribution in [0.2, 0.25) is 0 Å². The molecule has 0 aromatic carbocycles. The molecule has 2 aromatic heterocycles. The summed E-state index contributed by atoms with van der Waals surface area (Å²) in [6, 6.07) is 2.70. The normalized spacial score (nSPS) is 23.1. The SMILES string of the molecule is CC(C)Cn1nccc1C(=O)N[C@H](C(=O)Nc1cc2c(cn1)C1(CCOCC1)C(=O)N2)[C@H]1CC[C@H](C)CC1. The number of fused-ring (bicyclic) bond motifs is 2. The molecule has 0 unspecified atom stereocenters. The third-order valence-corrected chi connectivity index (χ3v) is 8.29. The van der Waals surface area contributed by atoms with Crippen LogP contribution in [0.15, 0.2) is 24.5 Å². The highest BCUT2D eigenvalue weighted by molar-refractivity contribution is 6.07. The summed E-state index contributed by atoms with van der Waals surface area (Å²) >= 11 is 0. The number of ether oxygens (including phenoxy) is 1. The van der Waals surface area contributed by atoms with Crippen LogP contribution < -0.4 is 16.0 Å². The van der Waals surface area contributed by atoms with Crippen LogP contribution in [0.5, 0.6) is 0 Å². The lowest BCUT2D eigenvalue weighted by atomic mass is 9.76. The largest absolute Gasteiger partial charge is 0.381 e. The second-order valence-corrected chi connectivity index (χ2v) is 11.5. The maximum absolute atomic E-state index is 13.6. The van der Waals surface area contributed by atoms with E-state index in [1.165, 1.54) is 0 Å². The number of carbonyl (C=O) groups is 3. The van der Waals surface area contributed by atoms with Crippen LogP contribution >= 0.6 is 0 Å². The van der Waals surface area contributed by atoms with E-state index in [0.717, 1.165) is 31.2 Å². The van der Waals surface area contributed by atoms with Crippen LogP contribution in [0.25, 0.3) is 0 Å². The van der Waals surface area contributed by atoms with Gasteiger partial charge in [0.25, 0.3) is 5.91 Å². The molecular formula is C28H38N6O4. The Morgan fingerprint density at radius 1 is 1.21 bits per heavy atom. The molecule has 5 rings (SSSR count). The molecule has 1 saturated carbocycles. The number of pyridine rings is 1. The van der Waals surface area contributed by atoms with Crippen molar-refractivity contribution < 1.29 is 19.1 Å². The topological polar surface area (TPSA) is 127 Å². The number of nitrogens with one attached hydrogen (secondary N) is 3. The van der Waals surface area contributed by atoms with Crippen molar-refractivity contribution in [3.63, 3.8) is 0 Å². The van der Waals surface area contributed by atoms with Gasteiger partial charge in [-0.3, -0.25) is 19.1 Å². The van der Waals surface area contributed by atoms with E-state index in [4.69, 9.17) is 4.74 Å². The molecule has 1 aliphatic carbocycles. The Hall–Kier alpha value is -3.27. The quantitative estimate of drug-likeness (QED) is 0.511. The molecule has 3 N–H and O–H groups in total. The lowest BCUT2D eigenvalue weighted by Crippen LogP contribution is -2.49. The Morgan fingerprint density at radius 3 is 2.66 bits per heavy atom. The van der Waals surface area contributed by atoms with Gasteiger partial charge in [-0.2, -0.15) is 5.10 Å². The van der Waals surface area contributed by atoms with Crippen LogP contribution in [-0.4, -0.2) is 51.7 Å². The molecule has 2 fully saturated rings. The smallest absolute Gasteiger partial charge is 0.270 e. The van der Waals surface area contributed by atoms with E-state index in [1.807, 2.05) is 0 Å². The van der Waals surface area contributed by atoms with Gasteiger partial charge in [-0.25, -0.2) is 4.98 Å². The van der Waals surface area contributed by atoms with Gasteiger partial charge < -0.3 is 20.7 Å². The average Bonchev–Trinajstić information content (AvgIpc) is 3.45. The first-order valence-electron chi connectivity index (χ1n) is 13.8. The number of rotatable bonds is 7. The maximum Gasteiger partial charge on any atom is 0.270 e. The summed E-state index contributed by atoms with van der Waals surface area (Å²) in [5.74, 6) is 0.663. The van der Waals surface area contributed by atoms with Gasteiger partial charge >= 0.3 is 0 Å². The summed E-state index contributed by atoms with van der Waals surface area (Å²) in [6.45, 7) is 8.04. The third-order valence-electron chi connectivity index (χ3n) is 8.29. The second kappa shape index (κ2) is 10.8. The van der Waals surface area contributed by atoms with Crippen LogP contribution in [0.4, 0.5) is 11.5 Å². The van der Waals surface area contributed by atoms with Gasteiger partial charge in [0.05, 0.1) is 11.1 Å². The van der Waals surface area contributed by atoms with E-state index in [1.54, 1.807) is 29.2 Å². The number of nitrogens with zero attached hydrogens (tertiary/aromatic N) is 3. The molecule has 4 heterocycles. The highest BCUT2D eigenvalue weighted by Crippen LogP contribution is 2.44. The maximum atomic E-state index is 13.6. The average molecular weight is 523 g/mol. The zero-order valence-corrected chi connectivity index (χ0v) is 22.5. The molecule has 1 saturated heterocycles. The monoisotopic (exact) mass is 522 g/mol. The van der Waals surface area contributed by atoms with Crippen molar-refractivity contribution in [2.24, 2.45) is 17.8 Å². The molecule has 1 atom stereocenters. The van der Waals surface area contributed by atoms with E-state index < -0.39 is 11.5 Å². The molecule has 38 heavy (non-hydrogen) atoms. The second-order valence-electron chi connectivity index (χ2n) is 11.5. The van der Waals surface area contributed by atoms with Crippen molar-refractivity contribution >= 4 is 29.2 Å². The molecule has 10 heteroatoms. The summed E-state index contributed by atoms with van der Waals surface area (Å²) in [5, 5.41) is 13.2. The third kappa shape index (κ3) is 5.18. The minimum absolute atomic E-state index is 0.0243. The Balaban J connectivity index is 1.35. The molecule has 204 valence electrons. The number of aromatic nitrogens is 3. The van der Waals surface area contributed by atoms with Crippen molar-refractivity contribution in [2.75, 3.05) is 23.8 Å². The molecular weight excluding hydrogens is 484 g/mol. The van der Waals surface area contributed by atoms with Crippen molar-refractivity contribution in [1.29, 1.82) is 0 Å². The number of carbonyl (C=O) groups excluding carboxylic acids is 3. The number of hydrogen-bond acceptors (Lipinski definition) is 6. The zero-order valence-electron chi connectivity index (χ0n) is 22.5. The fraction of sp³-hybridized carbons (Fsp3) is 0.607. The van der Waals surface area contributed by atoms with E-state index >= 15 is 0 Å². The van der Waals surface area contributed by atoms with Gasteiger partial charge in [-0.05, 0) is 49.5 Å². The summed E-state index contributed by atoms with van der Waals surface area (Å²) < 4.78 is 7.16. The lowest BCUT2D eigenvalue weighted by molar-refractivity contribution is -0.124. The molecule has 10 nitrogen and oxygen atoms in total. The van der Waals surface area contributed by atoms with Crippen LogP contribution in [0.1, 0.15) is 75.3 Å². The Kier molecular flexibility index (Phi) is 7.52. The summed E-state index contributed by atoms with van der Waals surface area (Å²) in [4.78, 5) is 44.3. The number of hydrogen-bond donors (Lipinski definition) is 3. The van der Waals surface area contributed by atoms with Crippen molar-refractivity contribution in [3.8, 4) is 0 Å². The van der Waals surface area contributed by atoms with E-state index in [9.17, 15) is 14.4 Å². The molecule has 1 spiro atoms. The minimum atomic E-state index is -0.705. The molecule has 2 aromatic rings. The molecule has 2 aliphatic heterocycles. The highest BCUT2D eigenvalue weighted by Gasteiger charge is 2.48. The molecule has 0 bridgehead atoms. The van der Waals surface area contributed by atoms with Gasteiger partial charge in [-0.15, -0.1) is 0 Å². The lowest BCUT2D eigenvalue weighted by Gasteiger charge is -2.32. The number of anilines is 2. The van der Waals surface area contributed by atoms with Crippen LogP contribution in [0, 0.1) is 17.8 Å². The zero-order chi connectivity index (χ0) is 26.9. The standard InChI is InChI=1S/C28H38N6O4/c1-17(2)16-34-22(8-11-30-34)25(35)33-24(19-6-4-18(3)5-7-19)26(36)32-23-14-21-20(15-29-23)28(27(37)31-21)9-12-38-13-10-28/h8,11,14-15,17-19,24H,4-7,9-10,12-13,16H2,1-3H3,(H,31,37)(H,33,35)(H,29,32,36)/t18-,19-,24-/m0/s1.